The van der Waals surface area contributed by atoms with Crippen molar-refractivity contribution in [3.8, 4) is 11.5 Å². The molecule has 2 aromatic carbocycles. The third-order valence-electron chi connectivity index (χ3n) is 7.99. The maximum Gasteiger partial charge on any atom is 0.328 e. The molecular weight excluding hydrogens is 537 g/mol. The summed E-state index contributed by atoms with van der Waals surface area (Å²) in [4.78, 5) is 18.1. The van der Waals surface area contributed by atoms with Gasteiger partial charge in [0.05, 0.1) is 36.6 Å². The number of carboxylic acids is 1. The quantitative estimate of drug-likeness (QED) is 0.363. The fraction of sp³-hybridized carbons (Fsp3) is 0.400. The Morgan fingerprint density at radius 3 is 2.77 bits per heavy atom. The molecule has 2 atom stereocenters. The number of fused-ring (bicyclic) bond motifs is 1. The highest BCUT2D eigenvalue weighted by Gasteiger charge is 2.43. The number of hydrogen-bond acceptors (Lipinski definition) is 6. The van der Waals surface area contributed by atoms with Crippen LogP contribution in [-0.4, -0.2) is 51.8 Å². The Balaban J connectivity index is 1.16. The Labute approximate surface area is 236 Å². The largest absolute Gasteiger partial charge is 0.478 e. The van der Waals surface area contributed by atoms with Crippen molar-refractivity contribution < 1.29 is 28.5 Å². The molecule has 0 aliphatic carbocycles. The number of piperidine rings is 1. The molecule has 3 aromatic rings. The van der Waals surface area contributed by atoms with Gasteiger partial charge in [-0.1, -0.05) is 23.7 Å². The molecule has 0 spiro atoms. The van der Waals surface area contributed by atoms with E-state index in [1.54, 1.807) is 31.3 Å². The summed E-state index contributed by atoms with van der Waals surface area (Å²) in [6.45, 7) is 5.42. The van der Waals surface area contributed by atoms with Crippen LogP contribution in [0.25, 0.3) is 6.08 Å². The molecule has 3 aliphatic heterocycles. The molecule has 1 aromatic heterocycles. The third-order valence-corrected chi connectivity index (χ3v) is 8.23. The lowest BCUT2D eigenvalue weighted by Gasteiger charge is -2.33. The minimum atomic E-state index is -1.28. The fourth-order valence-corrected chi connectivity index (χ4v) is 6.16. The van der Waals surface area contributed by atoms with Gasteiger partial charge in [0.15, 0.2) is 11.5 Å². The van der Waals surface area contributed by atoms with E-state index in [1.807, 2.05) is 12.1 Å². The first kappa shape index (κ1) is 26.8. The summed E-state index contributed by atoms with van der Waals surface area (Å²) in [5.41, 5.74) is 2.15. The number of aliphatic carboxylic acids is 1. The number of likely N-dealkylation sites (tertiary alicyclic amines) is 1. The average Bonchev–Trinajstić information content (AvgIpc) is 3.66. The van der Waals surface area contributed by atoms with Crippen LogP contribution >= 0.6 is 11.6 Å². The number of ether oxygens (including phenoxy) is 3. The van der Waals surface area contributed by atoms with Crippen LogP contribution in [0.1, 0.15) is 60.8 Å². The van der Waals surface area contributed by atoms with Crippen LogP contribution in [-0.2, 0) is 21.9 Å². The summed E-state index contributed by atoms with van der Waals surface area (Å²) in [5, 5.41) is 9.42. The number of imidazole rings is 1. The van der Waals surface area contributed by atoms with E-state index < -0.39 is 17.6 Å². The molecule has 0 radical (unpaired) electrons. The first-order valence-corrected chi connectivity index (χ1v) is 13.9. The first-order chi connectivity index (χ1) is 19.3. The Kier molecular flexibility index (Phi) is 7.29. The standard InChI is InChI=1S/C30H31ClFN3O5/c1-30(24-7-5-20(31)15-25(24)32)39-26-4-2-3-23(29(26)40-30)19-9-12-34(13-10-19)17-27-33-16-21(6-8-28(36)37)35(27)22-11-14-38-18-22/h2-8,15-16,19,22H,9-14,17-18H2,1H3,(H,36,37)/b8-6+/t22-,30?/m1/s1. The van der Waals surface area contributed by atoms with E-state index in [2.05, 4.69) is 20.5 Å². The van der Waals surface area contributed by atoms with Crippen molar-refractivity contribution in [2.24, 2.45) is 0 Å². The molecule has 1 unspecified atom stereocenters. The Hall–Kier alpha value is -3.40. The molecule has 4 heterocycles. The van der Waals surface area contributed by atoms with E-state index in [0.29, 0.717) is 41.8 Å². The van der Waals surface area contributed by atoms with Crippen LogP contribution < -0.4 is 9.47 Å². The van der Waals surface area contributed by atoms with Crippen molar-refractivity contribution in [2.45, 2.75) is 50.5 Å². The molecular formula is C30H31ClFN3O5. The second-order valence-corrected chi connectivity index (χ2v) is 11.1. The second kappa shape index (κ2) is 10.9. The van der Waals surface area contributed by atoms with Crippen molar-refractivity contribution in [3.63, 3.8) is 0 Å². The van der Waals surface area contributed by atoms with E-state index in [1.165, 1.54) is 6.07 Å². The highest BCUT2D eigenvalue weighted by Crippen LogP contribution is 2.49. The normalized spacial score (nSPS) is 23.3. The first-order valence-electron chi connectivity index (χ1n) is 13.5. The van der Waals surface area contributed by atoms with Gasteiger partial charge in [-0.25, -0.2) is 14.2 Å². The van der Waals surface area contributed by atoms with Gasteiger partial charge in [-0.05, 0) is 68.6 Å². The number of hydrogen-bond donors (Lipinski definition) is 1. The maximum absolute atomic E-state index is 14.8. The molecule has 2 fully saturated rings. The molecule has 3 aliphatic rings. The Morgan fingerprint density at radius 2 is 2.05 bits per heavy atom. The van der Waals surface area contributed by atoms with Crippen LogP contribution in [0.4, 0.5) is 4.39 Å². The van der Waals surface area contributed by atoms with E-state index in [4.69, 9.17) is 30.9 Å². The van der Waals surface area contributed by atoms with Gasteiger partial charge in [0.1, 0.15) is 11.6 Å². The van der Waals surface area contributed by atoms with Crippen LogP contribution in [0.2, 0.25) is 5.02 Å². The van der Waals surface area contributed by atoms with Gasteiger partial charge >= 0.3 is 5.97 Å². The number of carbonyl (C=O) groups is 1. The van der Waals surface area contributed by atoms with E-state index in [-0.39, 0.29) is 12.0 Å². The summed E-state index contributed by atoms with van der Waals surface area (Å²) in [6.07, 6.45) is 7.21. The van der Waals surface area contributed by atoms with Crippen LogP contribution in [0.15, 0.2) is 48.7 Å². The van der Waals surface area contributed by atoms with Crippen LogP contribution in [0.3, 0.4) is 0 Å². The Bertz CT molecular complexity index is 1450. The number of nitrogens with zero attached hydrogens (tertiary/aromatic N) is 3. The molecule has 40 heavy (non-hydrogen) atoms. The fourth-order valence-electron chi connectivity index (χ4n) is 6.00. The van der Waals surface area contributed by atoms with Crippen molar-refractivity contribution in [1.29, 1.82) is 0 Å². The zero-order valence-corrected chi connectivity index (χ0v) is 22.9. The number of aromatic nitrogens is 2. The zero-order valence-electron chi connectivity index (χ0n) is 22.2. The zero-order chi connectivity index (χ0) is 27.9. The van der Waals surface area contributed by atoms with E-state index in [9.17, 15) is 9.18 Å². The van der Waals surface area contributed by atoms with Crippen molar-refractivity contribution in [1.82, 2.24) is 14.5 Å². The molecule has 8 nitrogen and oxygen atoms in total. The highest BCUT2D eigenvalue weighted by atomic mass is 35.5. The number of rotatable bonds is 7. The van der Waals surface area contributed by atoms with Crippen LogP contribution in [0.5, 0.6) is 11.5 Å². The third kappa shape index (κ3) is 5.21. The molecule has 6 rings (SSSR count). The minimum Gasteiger partial charge on any atom is -0.478 e. The molecule has 10 heteroatoms. The SMILES string of the molecule is CC1(c2ccc(Cl)cc2F)Oc2cccc(C3CCN(Cc4ncc(/C=C/C(=O)O)n4[C@@H]4CCOC4)CC3)c2O1. The van der Waals surface area contributed by atoms with Gasteiger partial charge in [-0.15, -0.1) is 0 Å². The lowest BCUT2D eigenvalue weighted by molar-refractivity contribution is -0.131. The summed E-state index contributed by atoms with van der Waals surface area (Å²) in [7, 11) is 0. The summed E-state index contributed by atoms with van der Waals surface area (Å²) >= 11 is 5.96. The predicted molar refractivity (Wildman–Crippen MR) is 147 cm³/mol. The minimum absolute atomic E-state index is 0.146. The van der Waals surface area contributed by atoms with Gasteiger partial charge < -0.3 is 23.9 Å². The number of halogens is 2. The maximum atomic E-state index is 14.8. The van der Waals surface area contributed by atoms with Gasteiger partial charge in [0, 0.05) is 30.2 Å². The molecule has 2 saturated heterocycles. The highest BCUT2D eigenvalue weighted by molar-refractivity contribution is 6.30. The van der Waals surface area contributed by atoms with E-state index in [0.717, 1.165) is 55.5 Å². The van der Waals surface area contributed by atoms with Crippen LogP contribution in [0, 0.1) is 5.82 Å². The number of carboxylic acid groups (broad SMARTS) is 1. The summed E-state index contributed by atoms with van der Waals surface area (Å²) in [6, 6.07) is 10.5. The molecule has 210 valence electrons. The van der Waals surface area contributed by atoms with Gasteiger partial charge in [0.2, 0.25) is 0 Å². The monoisotopic (exact) mass is 567 g/mol. The molecule has 0 saturated carbocycles. The molecule has 1 N–H and O–H groups in total. The van der Waals surface area contributed by atoms with Gasteiger partial charge in [0.25, 0.3) is 5.79 Å². The van der Waals surface area contributed by atoms with Gasteiger partial charge in [-0.2, -0.15) is 0 Å². The molecule has 0 bridgehead atoms. The topological polar surface area (TPSA) is 86.1 Å². The summed E-state index contributed by atoms with van der Waals surface area (Å²) in [5.74, 6) is -0.270. The number of para-hydroxylation sites is 1. The molecule has 0 amide bonds. The van der Waals surface area contributed by atoms with E-state index >= 15 is 0 Å². The summed E-state index contributed by atoms with van der Waals surface area (Å²) < 4.78 is 35.0. The lowest BCUT2D eigenvalue weighted by Crippen LogP contribution is -2.34. The van der Waals surface area contributed by atoms with Crippen molar-refractivity contribution >= 4 is 23.6 Å². The van der Waals surface area contributed by atoms with Crippen molar-refractivity contribution in [2.75, 3.05) is 26.3 Å². The predicted octanol–water partition coefficient (Wildman–Crippen LogP) is 5.76. The lowest BCUT2D eigenvalue weighted by atomic mass is 9.88. The number of benzene rings is 2. The Morgan fingerprint density at radius 1 is 1.23 bits per heavy atom. The van der Waals surface area contributed by atoms with Crippen molar-refractivity contribution in [3.05, 3.63) is 82.2 Å². The van der Waals surface area contributed by atoms with Gasteiger partial charge in [-0.3, -0.25) is 4.90 Å². The average molecular weight is 568 g/mol. The second-order valence-electron chi connectivity index (χ2n) is 10.7. The smallest absolute Gasteiger partial charge is 0.328 e.